The maximum atomic E-state index is 5.69. The molecule has 1 heterocycles. The quantitative estimate of drug-likeness (QED) is 0.723. The molecule has 62 valence electrons. The van der Waals surface area contributed by atoms with Crippen molar-refractivity contribution >= 4 is 5.69 Å². The Morgan fingerprint density at radius 3 is 2.73 bits per heavy atom. The van der Waals surface area contributed by atoms with E-state index >= 15 is 0 Å². The number of nitrogen functional groups attached to an aromatic ring is 1. The van der Waals surface area contributed by atoms with E-state index in [4.69, 9.17) is 10.3 Å². The lowest BCUT2D eigenvalue weighted by molar-refractivity contribution is 0.377. The number of hydrogen-bond acceptors (Lipinski definition) is 3. The Balaban J connectivity index is 2.63. The third-order valence-electron chi connectivity index (χ3n) is 1.74. The minimum atomic E-state index is 0.721. The summed E-state index contributed by atoms with van der Waals surface area (Å²) in [5.41, 5.74) is 7.21. The lowest BCUT2D eigenvalue weighted by Crippen LogP contribution is -1.91. The number of nitrogens with two attached hydrogens (primary N) is 1. The van der Waals surface area contributed by atoms with Gasteiger partial charge in [-0.15, -0.1) is 0 Å². The smallest absolute Gasteiger partial charge is 0.159 e. The summed E-state index contributed by atoms with van der Waals surface area (Å²) in [6.07, 6.45) is 3.17. The molecular formula is C8H14N2O. The van der Waals surface area contributed by atoms with Crippen molar-refractivity contribution < 1.29 is 4.52 Å². The Morgan fingerprint density at radius 1 is 1.55 bits per heavy atom. The largest absolute Gasteiger partial charge is 0.394 e. The zero-order valence-corrected chi connectivity index (χ0v) is 7.05. The van der Waals surface area contributed by atoms with Gasteiger partial charge in [-0.3, -0.25) is 0 Å². The van der Waals surface area contributed by atoms with Crippen LogP contribution in [0.3, 0.4) is 0 Å². The van der Waals surface area contributed by atoms with Gasteiger partial charge in [0.25, 0.3) is 0 Å². The van der Waals surface area contributed by atoms with Crippen LogP contribution in [0.15, 0.2) is 4.52 Å². The molecule has 0 bridgehead atoms. The van der Waals surface area contributed by atoms with Crippen LogP contribution in [0.5, 0.6) is 0 Å². The zero-order chi connectivity index (χ0) is 8.27. The first kappa shape index (κ1) is 8.11. The van der Waals surface area contributed by atoms with Crippen molar-refractivity contribution in [2.75, 3.05) is 5.73 Å². The number of unbranched alkanes of at least 4 members (excludes halogenated alkanes) is 1. The van der Waals surface area contributed by atoms with Gasteiger partial charge in [-0.1, -0.05) is 18.5 Å². The molecule has 2 N–H and O–H groups in total. The van der Waals surface area contributed by atoms with E-state index in [1.54, 1.807) is 0 Å². The molecule has 0 unspecified atom stereocenters. The predicted molar refractivity (Wildman–Crippen MR) is 44.3 cm³/mol. The second-order valence-corrected chi connectivity index (χ2v) is 2.71. The molecule has 1 aromatic rings. The molecule has 0 saturated heterocycles. The highest BCUT2D eigenvalue weighted by Gasteiger charge is 2.07. The molecule has 1 aromatic heterocycles. The summed E-state index contributed by atoms with van der Waals surface area (Å²) in [7, 11) is 0. The summed E-state index contributed by atoms with van der Waals surface area (Å²) >= 11 is 0. The van der Waals surface area contributed by atoms with Crippen LogP contribution in [0.25, 0.3) is 0 Å². The van der Waals surface area contributed by atoms with Crippen molar-refractivity contribution in [3.63, 3.8) is 0 Å². The van der Waals surface area contributed by atoms with E-state index in [0.29, 0.717) is 0 Å². The fourth-order valence-corrected chi connectivity index (χ4v) is 0.941. The molecule has 0 fully saturated rings. The highest BCUT2D eigenvalue weighted by molar-refractivity contribution is 5.45. The van der Waals surface area contributed by atoms with Crippen molar-refractivity contribution in [2.24, 2.45) is 0 Å². The number of hydrogen-bond donors (Lipinski definition) is 1. The van der Waals surface area contributed by atoms with Gasteiger partial charge in [0.1, 0.15) is 5.69 Å². The van der Waals surface area contributed by atoms with Gasteiger partial charge in [-0.2, -0.15) is 0 Å². The first-order valence-corrected chi connectivity index (χ1v) is 3.96. The summed E-state index contributed by atoms with van der Waals surface area (Å²) in [6, 6.07) is 0. The lowest BCUT2D eigenvalue weighted by atomic mass is 10.2. The maximum absolute atomic E-state index is 5.69. The molecule has 0 radical (unpaired) electrons. The first-order chi connectivity index (χ1) is 5.25. The molecule has 3 nitrogen and oxygen atoms in total. The first-order valence-electron chi connectivity index (χ1n) is 3.96. The van der Waals surface area contributed by atoms with Crippen molar-refractivity contribution in [3.05, 3.63) is 11.5 Å². The monoisotopic (exact) mass is 154 g/mol. The second-order valence-electron chi connectivity index (χ2n) is 2.71. The van der Waals surface area contributed by atoms with Gasteiger partial charge in [0.05, 0.1) is 5.69 Å². The van der Waals surface area contributed by atoms with E-state index in [0.717, 1.165) is 36.4 Å². The Labute approximate surface area is 66.6 Å². The highest BCUT2D eigenvalue weighted by atomic mass is 16.5. The van der Waals surface area contributed by atoms with Crippen molar-refractivity contribution in [2.45, 2.75) is 33.1 Å². The minimum Gasteiger partial charge on any atom is -0.394 e. The third kappa shape index (κ3) is 1.73. The van der Waals surface area contributed by atoms with Crippen molar-refractivity contribution in [3.8, 4) is 0 Å². The van der Waals surface area contributed by atoms with Gasteiger partial charge >= 0.3 is 0 Å². The molecule has 11 heavy (non-hydrogen) atoms. The SMILES string of the molecule is CCCCc1onc(C)c1N. The standard InChI is InChI=1S/C8H14N2O/c1-3-4-5-7-8(9)6(2)10-11-7/h3-5,9H2,1-2H3. The van der Waals surface area contributed by atoms with E-state index in [1.807, 2.05) is 6.92 Å². The van der Waals surface area contributed by atoms with Gasteiger partial charge in [-0.05, 0) is 13.3 Å². The van der Waals surface area contributed by atoms with Gasteiger partial charge < -0.3 is 10.3 Å². The maximum Gasteiger partial charge on any atom is 0.159 e. The van der Waals surface area contributed by atoms with Gasteiger partial charge in [0, 0.05) is 6.42 Å². The average Bonchev–Trinajstić information content (AvgIpc) is 2.31. The van der Waals surface area contributed by atoms with Crippen LogP contribution in [0.4, 0.5) is 5.69 Å². The summed E-state index contributed by atoms with van der Waals surface area (Å²) in [5.74, 6) is 0.837. The molecule has 0 aromatic carbocycles. The molecule has 0 atom stereocenters. The van der Waals surface area contributed by atoms with E-state index in [-0.39, 0.29) is 0 Å². The van der Waals surface area contributed by atoms with Crippen LogP contribution >= 0.6 is 0 Å². The number of anilines is 1. The second kappa shape index (κ2) is 3.42. The van der Waals surface area contributed by atoms with E-state index < -0.39 is 0 Å². The van der Waals surface area contributed by atoms with Crippen LogP contribution < -0.4 is 5.73 Å². The summed E-state index contributed by atoms with van der Waals surface area (Å²) in [4.78, 5) is 0. The third-order valence-corrected chi connectivity index (χ3v) is 1.74. The molecule has 0 aliphatic carbocycles. The van der Waals surface area contributed by atoms with Crippen molar-refractivity contribution in [1.29, 1.82) is 0 Å². The summed E-state index contributed by atoms with van der Waals surface area (Å²) in [6.45, 7) is 3.99. The van der Waals surface area contributed by atoms with Crippen LogP contribution in [-0.4, -0.2) is 5.16 Å². The van der Waals surface area contributed by atoms with Crippen LogP contribution in [0, 0.1) is 6.92 Å². The van der Waals surface area contributed by atoms with E-state index in [9.17, 15) is 0 Å². The highest BCUT2D eigenvalue weighted by Crippen LogP contribution is 2.17. The van der Waals surface area contributed by atoms with E-state index in [1.165, 1.54) is 0 Å². The van der Waals surface area contributed by atoms with Gasteiger partial charge in [-0.25, -0.2) is 0 Å². The molecule has 1 rings (SSSR count). The zero-order valence-electron chi connectivity index (χ0n) is 7.05. The Hall–Kier alpha value is -0.990. The molecule has 0 amide bonds. The number of aromatic nitrogens is 1. The average molecular weight is 154 g/mol. The number of nitrogens with zero attached hydrogens (tertiary/aromatic N) is 1. The van der Waals surface area contributed by atoms with E-state index in [2.05, 4.69) is 12.1 Å². The minimum absolute atomic E-state index is 0.721. The molecule has 0 spiro atoms. The normalized spacial score (nSPS) is 10.4. The topological polar surface area (TPSA) is 52.0 Å². The Kier molecular flexibility index (Phi) is 2.52. The molecule has 3 heteroatoms. The summed E-state index contributed by atoms with van der Waals surface area (Å²) in [5, 5.41) is 3.77. The molecule has 0 saturated carbocycles. The van der Waals surface area contributed by atoms with Crippen LogP contribution in [0.2, 0.25) is 0 Å². The van der Waals surface area contributed by atoms with Crippen LogP contribution in [-0.2, 0) is 6.42 Å². The Bertz CT molecular complexity index is 230. The molecule has 0 aliphatic rings. The fraction of sp³-hybridized carbons (Fsp3) is 0.625. The lowest BCUT2D eigenvalue weighted by Gasteiger charge is -1.93. The number of aryl methyl sites for hydroxylation is 2. The fourth-order valence-electron chi connectivity index (χ4n) is 0.941. The van der Waals surface area contributed by atoms with Crippen LogP contribution in [0.1, 0.15) is 31.2 Å². The molecule has 0 aliphatic heterocycles. The van der Waals surface area contributed by atoms with Gasteiger partial charge in [0.2, 0.25) is 0 Å². The summed E-state index contributed by atoms with van der Waals surface area (Å²) < 4.78 is 5.02. The van der Waals surface area contributed by atoms with Crippen molar-refractivity contribution in [1.82, 2.24) is 5.16 Å². The predicted octanol–water partition coefficient (Wildman–Crippen LogP) is 1.91. The Morgan fingerprint density at radius 2 is 2.27 bits per heavy atom. The van der Waals surface area contributed by atoms with Gasteiger partial charge in [0.15, 0.2) is 5.76 Å². The molecular weight excluding hydrogens is 140 g/mol. The number of rotatable bonds is 3.